The van der Waals surface area contributed by atoms with Gasteiger partial charge in [0.15, 0.2) is 0 Å². The molecule has 2 rings (SSSR count). The first-order valence-electron chi connectivity index (χ1n) is 6.71. The Morgan fingerprint density at radius 3 is 2.79 bits per heavy atom. The van der Waals surface area contributed by atoms with Gasteiger partial charge in [-0.15, -0.1) is 12.4 Å². The van der Waals surface area contributed by atoms with Gasteiger partial charge in [-0.3, -0.25) is 4.90 Å². The molecule has 2 atom stereocenters. The molecule has 3 nitrogen and oxygen atoms in total. The van der Waals surface area contributed by atoms with Crippen molar-refractivity contribution in [2.75, 3.05) is 20.2 Å². The van der Waals surface area contributed by atoms with E-state index in [4.69, 9.17) is 4.74 Å². The molecule has 1 N–H and O–H groups in total. The molecule has 0 bridgehead atoms. The zero-order valence-corrected chi connectivity index (χ0v) is 13.1. The first-order valence-corrected chi connectivity index (χ1v) is 6.71. The number of rotatable bonds is 3. The third-order valence-electron chi connectivity index (χ3n) is 3.75. The summed E-state index contributed by atoms with van der Waals surface area (Å²) in [6.45, 7) is 9.79. The Bertz CT molecular complexity index is 411. The Kier molecular flexibility index (Phi) is 6.11. The van der Waals surface area contributed by atoms with Crippen LogP contribution in [0.1, 0.15) is 25.0 Å². The lowest BCUT2D eigenvalue weighted by Crippen LogP contribution is -2.53. The third kappa shape index (κ3) is 4.10. The molecule has 108 valence electrons. The molecule has 19 heavy (non-hydrogen) atoms. The molecule has 2 unspecified atom stereocenters. The number of nitrogens with one attached hydrogen (secondary N) is 1. The van der Waals surface area contributed by atoms with Gasteiger partial charge in [-0.05, 0) is 38.0 Å². The maximum absolute atomic E-state index is 5.39. The molecule has 1 aromatic rings. The summed E-state index contributed by atoms with van der Waals surface area (Å²) in [5.74, 6) is 0.989. The molecule has 0 radical (unpaired) electrons. The van der Waals surface area contributed by atoms with E-state index in [1.54, 1.807) is 7.11 Å². The number of benzene rings is 1. The predicted molar refractivity (Wildman–Crippen MR) is 82.3 cm³/mol. The zero-order valence-electron chi connectivity index (χ0n) is 12.3. The topological polar surface area (TPSA) is 24.5 Å². The van der Waals surface area contributed by atoms with Gasteiger partial charge in [-0.1, -0.05) is 12.1 Å². The lowest BCUT2D eigenvalue weighted by molar-refractivity contribution is 0.139. The quantitative estimate of drug-likeness (QED) is 0.923. The molecule has 0 amide bonds. The van der Waals surface area contributed by atoms with Crippen LogP contribution in [0.5, 0.6) is 5.75 Å². The van der Waals surface area contributed by atoms with Gasteiger partial charge in [0.2, 0.25) is 0 Å². The summed E-state index contributed by atoms with van der Waals surface area (Å²) in [5, 5.41) is 3.51. The number of aryl methyl sites for hydroxylation is 1. The Hall–Kier alpha value is -0.770. The van der Waals surface area contributed by atoms with Crippen LogP contribution in [0, 0.1) is 6.92 Å². The number of halogens is 1. The van der Waals surface area contributed by atoms with Crippen molar-refractivity contribution in [1.29, 1.82) is 0 Å². The minimum atomic E-state index is 0. The predicted octanol–water partition coefficient (Wildman–Crippen LogP) is 2.61. The fourth-order valence-corrected chi connectivity index (χ4v) is 2.51. The second-order valence-electron chi connectivity index (χ2n) is 5.39. The van der Waals surface area contributed by atoms with Crippen molar-refractivity contribution in [3.8, 4) is 5.75 Å². The molecule has 0 spiro atoms. The van der Waals surface area contributed by atoms with E-state index in [-0.39, 0.29) is 12.4 Å². The summed E-state index contributed by atoms with van der Waals surface area (Å²) >= 11 is 0. The summed E-state index contributed by atoms with van der Waals surface area (Å²) in [7, 11) is 1.74. The van der Waals surface area contributed by atoms with Gasteiger partial charge in [0.05, 0.1) is 7.11 Å². The molecule has 1 fully saturated rings. The van der Waals surface area contributed by atoms with Crippen molar-refractivity contribution in [2.45, 2.75) is 39.4 Å². The van der Waals surface area contributed by atoms with Gasteiger partial charge >= 0.3 is 0 Å². The molecule has 1 aromatic carbocycles. The maximum Gasteiger partial charge on any atom is 0.122 e. The van der Waals surface area contributed by atoms with E-state index in [0.29, 0.717) is 12.1 Å². The largest absolute Gasteiger partial charge is 0.496 e. The van der Waals surface area contributed by atoms with Crippen LogP contribution in [-0.4, -0.2) is 37.2 Å². The molecule has 0 saturated carbocycles. The van der Waals surface area contributed by atoms with Gasteiger partial charge in [-0.25, -0.2) is 0 Å². The van der Waals surface area contributed by atoms with Crippen LogP contribution in [0.4, 0.5) is 0 Å². The van der Waals surface area contributed by atoms with E-state index in [1.165, 1.54) is 11.1 Å². The fraction of sp³-hybridized carbons (Fsp3) is 0.600. The van der Waals surface area contributed by atoms with Crippen LogP contribution in [0.15, 0.2) is 18.2 Å². The van der Waals surface area contributed by atoms with E-state index in [9.17, 15) is 0 Å². The summed E-state index contributed by atoms with van der Waals surface area (Å²) in [5.41, 5.74) is 2.53. The van der Waals surface area contributed by atoms with Crippen LogP contribution in [0.3, 0.4) is 0 Å². The Morgan fingerprint density at radius 2 is 2.11 bits per heavy atom. The van der Waals surface area contributed by atoms with Gasteiger partial charge in [0, 0.05) is 31.7 Å². The minimum absolute atomic E-state index is 0. The molecular formula is C15H25ClN2O. The van der Waals surface area contributed by atoms with Crippen molar-refractivity contribution in [3.63, 3.8) is 0 Å². The normalized spacial score (nSPS) is 23.8. The number of piperazine rings is 1. The summed E-state index contributed by atoms with van der Waals surface area (Å²) < 4.78 is 5.39. The molecular weight excluding hydrogens is 260 g/mol. The second kappa shape index (κ2) is 7.13. The molecule has 1 heterocycles. The lowest BCUT2D eigenvalue weighted by atomic mass is 10.1. The van der Waals surface area contributed by atoms with Crippen LogP contribution >= 0.6 is 12.4 Å². The van der Waals surface area contributed by atoms with E-state index < -0.39 is 0 Å². The second-order valence-corrected chi connectivity index (χ2v) is 5.39. The Labute approximate surface area is 122 Å². The highest BCUT2D eigenvalue weighted by Gasteiger charge is 2.22. The van der Waals surface area contributed by atoms with E-state index in [1.807, 2.05) is 0 Å². The van der Waals surface area contributed by atoms with Crippen LogP contribution in [0.2, 0.25) is 0 Å². The van der Waals surface area contributed by atoms with Crippen molar-refractivity contribution < 1.29 is 4.74 Å². The highest BCUT2D eigenvalue weighted by Crippen LogP contribution is 2.21. The maximum atomic E-state index is 5.39. The first kappa shape index (κ1) is 16.3. The molecule has 0 aromatic heterocycles. The highest BCUT2D eigenvalue weighted by atomic mass is 35.5. The van der Waals surface area contributed by atoms with E-state index in [0.717, 1.165) is 25.4 Å². The average molecular weight is 285 g/mol. The van der Waals surface area contributed by atoms with Crippen LogP contribution in [0.25, 0.3) is 0 Å². The number of hydrogen-bond acceptors (Lipinski definition) is 3. The molecule has 1 saturated heterocycles. The third-order valence-corrected chi connectivity index (χ3v) is 3.75. The van der Waals surface area contributed by atoms with Crippen LogP contribution in [-0.2, 0) is 6.54 Å². The fourth-order valence-electron chi connectivity index (χ4n) is 2.51. The number of nitrogens with zero attached hydrogens (tertiary/aromatic N) is 1. The minimum Gasteiger partial charge on any atom is -0.496 e. The Balaban J connectivity index is 0.00000180. The number of methoxy groups -OCH3 is 1. The SMILES string of the molecule is COc1cc(CN2CC(C)NCC2C)ccc1C.Cl. The van der Waals surface area contributed by atoms with E-state index in [2.05, 4.69) is 49.2 Å². The van der Waals surface area contributed by atoms with Gasteiger partial charge in [0.25, 0.3) is 0 Å². The summed E-state index contributed by atoms with van der Waals surface area (Å²) in [6, 6.07) is 7.68. The van der Waals surface area contributed by atoms with Crippen molar-refractivity contribution in [2.24, 2.45) is 0 Å². The first-order chi connectivity index (χ1) is 8.60. The average Bonchev–Trinajstić information content (AvgIpc) is 2.36. The van der Waals surface area contributed by atoms with Crippen molar-refractivity contribution >= 4 is 12.4 Å². The summed E-state index contributed by atoms with van der Waals surface area (Å²) in [6.07, 6.45) is 0. The monoisotopic (exact) mass is 284 g/mol. The van der Waals surface area contributed by atoms with Crippen molar-refractivity contribution in [3.05, 3.63) is 29.3 Å². The molecule has 1 aliphatic rings. The standard InChI is InChI=1S/C15H24N2O.ClH/c1-11-5-6-14(7-15(11)18-4)10-17-9-12(2)16-8-13(17)3;/h5-7,12-13,16H,8-10H2,1-4H3;1H. The molecule has 1 aliphatic heterocycles. The lowest BCUT2D eigenvalue weighted by Gasteiger charge is -2.37. The Morgan fingerprint density at radius 1 is 1.37 bits per heavy atom. The van der Waals surface area contributed by atoms with Gasteiger partial charge < -0.3 is 10.1 Å². The van der Waals surface area contributed by atoms with E-state index >= 15 is 0 Å². The number of ether oxygens (including phenoxy) is 1. The zero-order chi connectivity index (χ0) is 13.1. The molecule has 4 heteroatoms. The molecule has 0 aliphatic carbocycles. The summed E-state index contributed by atoms with van der Waals surface area (Å²) in [4.78, 5) is 2.53. The van der Waals surface area contributed by atoms with Gasteiger partial charge in [-0.2, -0.15) is 0 Å². The highest BCUT2D eigenvalue weighted by molar-refractivity contribution is 5.85. The number of hydrogen-bond donors (Lipinski definition) is 1. The smallest absolute Gasteiger partial charge is 0.122 e. The van der Waals surface area contributed by atoms with Crippen molar-refractivity contribution in [1.82, 2.24) is 10.2 Å². The van der Waals surface area contributed by atoms with Crippen LogP contribution < -0.4 is 10.1 Å². The van der Waals surface area contributed by atoms with Gasteiger partial charge in [0.1, 0.15) is 5.75 Å².